The normalized spacial score (nSPS) is 11.7. The number of carbonyl (C=O) groups excluding carboxylic acids is 1. The molecule has 3 aromatic carbocycles. The van der Waals surface area contributed by atoms with E-state index in [1.165, 1.54) is 0 Å². The third-order valence-electron chi connectivity index (χ3n) is 4.81. The molecule has 0 unspecified atom stereocenters. The highest BCUT2D eigenvalue weighted by Crippen LogP contribution is 2.39. The molecule has 0 aliphatic heterocycles. The zero-order valence-electron chi connectivity index (χ0n) is 16.9. The fourth-order valence-corrected chi connectivity index (χ4v) is 3.46. The van der Waals surface area contributed by atoms with Gasteiger partial charge < -0.3 is 14.4 Å². The molecule has 1 aromatic heterocycles. The Balaban J connectivity index is 1.51. The van der Waals surface area contributed by atoms with Crippen LogP contribution in [0.15, 0.2) is 77.0 Å². The van der Waals surface area contributed by atoms with Crippen LogP contribution in [-0.4, -0.2) is 22.2 Å². The van der Waals surface area contributed by atoms with Crippen molar-refractivity contribution in [2.75, 3.05) is 6.61 Å². The molecule has 6 nitrogen and oxygen atoms in total. The van der Waals surface area contributed by atoms with Gasteiger partial charge in [0, 0.05) is 11.9 Å². The predicted octanol–water partition coefficient (Wildman–Crippen LogP) is 5.85. The van der Waals surface area contributed by atoms with E-state index in [1.807, 2.05) is 66.7 Å². The minimum atomic E-state index is -0.525. The maximum Gasteiger partial charge on any atom is 0.302 e. The number of nitrogens with zero attached hydrogens (tertiary/aromatic N) is 3. The summed E-state index contributed by atoms with van der Waals surface area (Å²) in [6.45, 7) is 4.56. The van der Waals surface area contributed by atoms with E-state index in [9.17, 15) is 9.90 Å². The molecule has 152 valence electrons. The molecule has 6 heteroatoms. The molecule has 0 bridgehead atoms. The van der Waals surface area contributed by atoms with E-state index in [-0.39, 0.29) is 12.5 Å². The van der Waals surface area contributed by atoms with Crippen molar-refractivity contribution in [3.63, 3.8) is 0 Å². The molecule has 1 heterocycles. The van der Waals surface area contributed by atoms with Gasteiger partial charge in [-0.05, 0) is 34.9 Å². The smallest absolute Gasteiger partial charge is 0.302 e. The summed E-state index contributed by atoms with van der Waals surface area (Å²) in [5, 5.41) is 21.3. The van der Waals surface area contributed by atoms with Crippen LogP contribution in [0.4, 0.5) is 5.69 Å². The van der Waals surface area contributed by atoms with Gasteiger partial charge in [-0.15, -0.1) is 10.2 Å². The number of azo groups is 1. The first-order valence-corrected chi connectivity index (χ1v) is 9.89. The van der Waals surface area contributed by atoms with E-state index in [0.717, 1.165) is 21.7 Å². The lowest BCUT2D eigenvalue weighted by Gasteiger charge is -2.09. The number of rotatable bonds is 6. The summed E-state index contributed by atoms with van der Waals surface area (Å²) in [6.07, 6.45) is 0. The van der Waals surface area contributed by atoms with Crippen LogP contribution in [0.25, 0.3) is 21.7 Å². The first-order chi connectivity index (χ1) is 14.5. The lowest BCUT2D eigenvalue weighted by Crippen LogP contribution is -2.07. The molecule has 30 heavy (non-hydrogen) atoms. The third kappa shape index (κ3) is 4.03. The number of hydrogen-bond acceptors (Lipinski definition) is 4. The molecule has 0 radical (unpaired) electrons. The first kappa shape index (κ1) is 19.6. The van der Waals surface area contributed by atoms with E-state index in [1.54, 1.807) is 4.57 Å². The Morgan fingerprint density at radius 1 is 1.03 bits per heavy atom. The number of ether oxygens (including phenoxy) is 1. The summed E-state index contributed by atoms with van der Waals surface area (Å²) in [5.41, 5.74) is 1.16. The van der Waals surface area contributed by atoms with E-state index in [4.69, 9.17) is 4.74 Å². The number of carbonyl (C=O) groups is 1. The van der Waals surface area contributed by atoms with Gasteiger partial charge in [0.05, 0.1) is 5.52 Å². The zero-order chi connectivity index (χ0) is 21.1. The van der Waals surface area contributed by atoms with Gasteiger partial charge in [-0.1, -0.05) is 62.4 Å². The summed E-state index contributed by atoms with van der Waals surface area (Å²) in [6, 6.07) is 21.1. The van der Waals surface area contributed by atoms with Crippen molar-refractivity contribution in [3.05, 3.63) is 66.7 Å². The van der Waals surface area contributed by atoms with E-state index in [2.05, 4.69) is 24.1 Å². The molecule has 1 N–H and O–H groups in total. The number of benzene rings is 3. The summed E-state index contributed by atoms with van der Waals surface area (Å²) in [5.74, 6) is 0.419. The minimum absolute atomic E-state index is 0.0110. The minimum Gasteiger partial charge on any atom is -0.493 e. The summed E-state index contributed by atoms with van der Waals surface area (Å²) in [7, 11) is 0. The van der Waals surface area contributed by atoms with Crippen LogP contribution in [0, 0.1) is 5.92 Å². The highest BCUT2D eigenvalue weighted by molar-refractivity contribution is 5.95. The Morgan fingerprint density at radius 2 is 1.77 bits per heavy atom. The maximum atomic E-state index is 12.2. The molecule has 4 aromatic rings. The lowest BCUT2D eigenvalue weighted by molar-refractivity contribution is -0.120. The number of para-hydroxylation sites is 1. The number of fused-ring (bicyclic) bond motifs is 2. The van der Waals surface area contributed by atoms with Gasteiger partial charge in [0.1, 0.15) is 5.75 Å². The third-order valence-corrected chi connectivity index (χ3v) is 4.81. The van der Waals surface area contributed by atoms with Crippen LogP contribution in [0.3, 0.4) is 0 Å². The second-order valence-corrected chi connectivity index (χ2v) is 7.59. The molecule has 0 saturated carbocycles. The number of aromatic hydroxyl groups is 1. The Hall–Kier alpha value is -3.67. The van der Waals surface area contributed by atoms with Gasteiger partial charge >= 0.3 is 5.91 Å². The fraction of sp³-hybridized carbons (Fsp3) is 0.208. The summed E-state index contributed by atoms with van der Waals surface area (Å²) < 4.78 is 7.36. The van der Waals surface area contributed by atoms with E-state index in [0.29, 0.717) is 23.9 Å². The van der Waals surface area contributed by atoms with Gasteiger partial charge in [-0.2, -0.15) is 0 Å². The van der Waals surface area contributed by atoms with Crippen LogP contribution < -0.4 is 4.74 Å². The van der Waals surface area contributed by atoms with Gasteiger partial charge in [0.25, 0.3) is 0 Å². The number of aromatic nitrogens is 1. The van der Waals surface area contributed by atoms with Crippen LogP contribution >= 0.6 is 0 Å². The number of amides is 1. The van der Waals surface area contributed by atoms with Crippen molar-refractivity contribution in [2.24, 2.45) is 16.1 Å². The predicted molar refractivity (Wildman–Crippen MR) is 117 cm³/mol. The maximum absolute atomic E-state index is 12.2. The van der Waals surface area contributed by atoms with Crippen LogP contribution in [0.1, 0.15) is 13.8 Å². The Bertz CT molecular complexity index is 1240. The van der Waals surface area contributed by atoms with Crippen molar-refractivity contribution in [1.82, 2.24) is 4.57 Å². The van der Waals surface area contributed by atoms with Crippen molar-refractivity contribution < 1.29 is 14.6 Å². The molecular weight excluding hydrogens is 378 g/mol. The van der Waals surface area contributed by atoms with Crippen LogP contribution in [0.5, 0.6) is 11.6 Å². The van der Waals surface area contributed by atoms with Crippen molar-refractivity contribution in [3.8, 4) is 11.6 Å². The molecule has 1 amide bonds. The van der Waals surface area contributed by atoms with E-state index < -0.39 is 5.91 Å². The second-order valence-electron chi connectivity index (χ2n) is 7.59. The quantitative estimate of drug-likeness (QED) is 0.412. The molecule has 0 aliphatic carbocycles. The van der Waals surface area contributed by atoms with Crippen molar-refractivity contribution >= 4 is 33.3 Å². The largest absolute Gasteiger partial charge is 0.493 e. The molecule has 0 saturated heterocycles. The molecule has 0 spiro atoms. The first-order valence-electron chi connectivity index (χ1n) is 9.89. The average Bonchev–Trinajstić information content (AvgIpc) is 3.01. The summed E-state index contributed by atoms with van der Waals surface area (Å²) in [4.78, 5) is 12.2. The monoisotopic (exact) mass is 401 g/mol. The standard InChI is InChI=1S/C24H23N3O3/c1-16(2)14-27-21-10-6-5-9-20(21)23(24(27)29)26-25-22(28)15-30-19-12-11-17-7-3-4-8-18(17)13-19/h3-13,16,29H,14-15H2,1-2H3. The second kappa shape index (κ2) is 8.37. The van der Waals surface area contributed by atoms with Gasteiger partial charge in [-0.25, -0.2) is 0 Å². The van der Waals surface area contributed by atoms with Gasteiger partial charge in [-0.3, -0.25) is 4.79 Å². The fourth-order valence-electron chi connectivity index (χ4n) is 3.46. The van der Waals surface area contributed by atoms with Crippen molar-refractivity contribution in [2.45, 2.75) is 20.4 Å². The summed E-state index contributed by atoms with van der Waals surface area (Å²) >= 11 is 0. The van der Waals surface area contributed by atoms with Gasteiger partial charge in [0.15, 0.2) is 12.3 Å². The molecule has 0 aliphatic rings. The molecular formula is C24H23N3O3. The lowest BCUT2D eigenvalue weighted by atomic mass is 10.1. The van der Waals surface area contributed by atoms with Gasteiger partial charge in [0.2, 0.25) is 5.88 Å². The Labute approximate surface area is 174 Å². The van der Waals surface area contributed by atoms with E-state index >= 15 is 0 Å². The number of hydrogen-bond donors (Lipinski definition) is 1. The van der Waals surface area contributed by atoms with Crippen LogP contribution in [0.2, 0.25) is 0 Å². The highest BCUT2D eigenvalue weighted by atomic mass is 16.5. The highest BCUT2D eigenvalue weighted by Gasteiger charge is 2.17. The van der Waals surface area contributed by atoms with Crippen LogP contribution in [-0.2, 0) is 11.3 Å². The molecule has 0 atom stereocenters. The SMILES string of the molecule is CC(C)Cn1c(O)c(N=NC(=O)COc2ccc3ccccc3c2)c2ccccc21. The topological polar surface area (TPSA) is 76.2 Å². The average molecular weight is 401 g/mol. The van der Waals surface area contributed by atoms with Crippen molar-refractivity contribution in [1.29, 1.82) is 0 Å². The Morgan fingerprint density at radius 3 is 2.57 bits per heavy atom. The zero-order valence-corrected chi connectivity index (χ0v) is 16.9. The Kier molecular flexibility index (Phi) is 5.48. The molecule has 0 fully saturated rings. The molecule has 4 rings (SSSR count).